The third kappa shape index (κ3) is 7.76. The lowest BCUT2D eigenvalue weighted by molar-refractivity contribution is -0.179. The summed E-state index contributed by atoms with van der Waals surface area (Å²) in [5.41, 5.74) is 2.12. The summed E-state index contributed by atoms with van der Waals surface area (Å²) in [5, 5.41) is 0.181. The lowest BCUT2D eigenvalue weighted by atomic mass is 9.98. The van der Waals surface area contributed by atoms with Crippen molar-refractivity contribution in [3.05, 3.63) is 59.2 Å². The summed E-state index contributed by atoms with van der Waals surface area (Å²) < 4.78 is 33.1. The summed E-state index contributed by atoms with van der Waals surface area (Å²) in [6.45, 7) is 8.46. The van der Waals surface area contributed by atoms with Gasteiger partial charge in [0, 0.05) is 16.7 Å². The molecular weight excluding hydrogens is 741 g/mol. The van der Waals surface area contributed by atoms with Crippen molar-refractivity contribution in [1.82, 2.24) is 4.90 Å². The first-order valence-corrected chi connectivity index (χ1v) is 19.4. The summed E-state index contributed by atoms with van der Waals surface area (Å²) >= 11 is 2.96. The van der Waals surface area contributed by atoms with E-state index in [9.17, 15) is 18.9 Å². The van der Waals surface area contributed by atoms with Crippen LogP contribution < -0.4 is 9.47 Å². The second-order valence-corrected chi connectivity index (χ2v) is 17.6. The lowest BCUT2D eigenvalue weighted by Crippen LogP contribution is -2.63. The van der Waals surface area contributed by atoms with Crippen LogP contribution in [-0.4, -0.2) is 65.2 Å². The van der Waals surface area contributed by atoms with Crippen molar-refractivity contribution in [2.75, 3.05) is 12.5 Å². The molecule has 3 unspecified atom stereocenters. The van der Waals surface area contributed by atoms with Crippen LogP contribution in [0.25, 0.3) is 0 Å². The van der Waals surface area contributed by atoms with Crippen molar-refractivity contribution in [3.63, 3.8) is 0 Å². The quantitative estimate of drug-likeness (QED) is 0.0578. The Morgan fingerprint density at radius 2 is 1.83 bits per heavy atom. The standard InChI is InChI=1S/C18H28O3S.C16H14INO5S/c1-3-4-5-6-7-8-11-22(19)15(2)12-16-9-10-17-18(13-16)21-14-20-17;1-16(2)10(18-11(19)9(17)12(18)24-16)14(21)23-15-8-6-4-3-5-7(8)13(20)22-15/h9-10,13,15H,3-8,11-12,14H2,1-2H3;3-6,9-10,12,15H,1-2H3/t;9-,10+,12-,15?/m.1/s1. The van der Waals surface area contributed by atoms with Crippen LogP contribution in [0.2, 0.25) is 0 Å². The molecule has 0 saturated carbocycles. The van der Waals surface area contributed by atoms with Crippen molar-refractivity contribution in [2.45, 2.75) is 104 Å². The fourth-order valence-electron chi connectivity index (χ4n) is 6.04. The first-order valence-electron chi connectivity index (χ1n) is 15.9. The van der Waals surface area contributed by atoms with E-state index in [0.717, 1.165) is 30.1 Å². The third-order valence-corrected chi connectivity index (χ3v) is 13.6. The van der Waals surface area contributed by atoms with Crippen LogP contribution in [0.1, 0.15) is 94.0 Å². The SMILES string of the molecule is CC1(C)S[C@@H]2[C@H](I)C(=O)N2[C@H]1C(=O)OC1OC(=O)c2ccccc21.CCCCCCCC[S+]([O-])C(C)Cc1ccc2c(c1)OCO2. The largest absolute Gasteiger partial charge is 0.616 e. The van der Waals surface area contributed by atoms with Gasteiger partial charge in [-0.2, -0.15) is 0 Å². The second kappa shape index (κ2) is 15.4. The van der Waals surface area contributed by atoms with E-state index in [0.29, 0.717) is 17.9 Å². The number of alkyl halides is 1. The number of β-lactam (4-membered cyclic amide) rings is 1. The van der Waals surface area contributed by atoms with Crippen LogP contribution in [0.3, 0.4) is 0 Å². The van der Waals surface area contributed by atoms with E-state index in [4.69, 9.17) is 18.9 Å². The molecule has 6 rings (SSSR count). The maximum Gasteiger partial charge on any atom is 0.342 e. The first-order chi connectivity index (χ1) is 22.0. The number of thioether (sulfide) groups is 1. The van der Waals surface area contributed by atoms with E-state index in [1.54, 1.807) is 40.9 Å². The number of ether oxygens (including phenoxy) is 4. The van der Waals surface area contributed by atoms with E-state index in [1.165, 1.54) is 37.7 Å². The number of carbonyl (C=O) groups excluding carboxylic acids is 3. The van der Waals surface area contributed by atoms with Crippen molar-refractivity contribution in [1.29, 1.82) is 0 Å². The molecule has 1 amide bonds. The molecule has 9 nitrogen and oxygen atoms in total. The summed E-state index contributed by atoms with van der Waals surface area (Å²) in [5.74, 6) is 1.35. The van der Waals surface area contributed by atoms with Crippen LogP contribution in [0.4, 0.5) is 0 Å². The normalized spacial score (nSPS) is 24.6. The topological polar surface area (TPSA) is 114 Å². The zero-order valence-corrected chi connectivity index (χ0v) is 30.5. The highest BCUT2D eigenvalue weighted by molar-refractivity contribution is 14.1. The smallest absolute Gasteiger partial charge is 0.342 e. The molecule has 250 valence electrons. The van der Waals surface area contributed by atoms with Gasteiger partial charge in [-0.25, -0.2) is 9.59 Å². The molecule has 0 aromatic heterocycles. The number of fused-ring (bicyclic) bond motifs is 3. The van der Waals surface area contributed by atoms with Crippen LogP contribution in [-0.2, 0) is 36.7 Å². The minimum atomic E-state index is -1.05. The predicted octanol–water partition coefficient (Wildman–Crippen LogP) is 6.72. The summed E-state index contributed by atoms with van der Waals surface area (Å²) in [6, 6.07) is 12.1. The van der Waals surface area contributed by atoms with Gasteiger partial charge in [-0.1, -0.05) is 90.6 Å². The van der Waals surface area contributed by atoms with Gasteiger partial charge >= 0.3 is 11.9 Å². The van der Waals surface area contributed by atoms with E-state index in [-0.39, 0.29) is 20.5 Å². The van der Waals surface area contributed by atoms with Gasteiger partial charge in [0.15, 0.2) is 11.5 Å². The predicted molar refractivity (Wildman–Crippen MR) is 187 cm³/mol. The Kier molecular flexibility index (Phi) is 11.8. The van der Waals surface area contributed by atoms with Crippen LogP contribution in [0.15, 0.2) is 42.5 Å². The number of hydrogen-bond acceptors (Lipinski definition) is 9. The zero-order valence-electron chi connectivity index (χ0n) is 26.7. The van der Waals surface area contributed by atoms with Gasteiger partial charge in [0.1, 0.15) is 26.3 Å². The van der Waals surface area contributed by atoms with Gasteiger partial charge in [-0.3, -0.25) is 4.79 Å². The summed E-state index contributed by atoms with van der Waals surface area (Å²) in [4.78, 5) is 38.3. The minimum Gasteiger partial charge on any atom is -0.616 e. The molecule has 2 saturated heterocycles. The molecule has 2 fully saturated rings. The average molecular weight is 784 g/mol. The highest BCUT2D eigenvalue weighted by Gasteiger charge is 2.63. The molecule has 4 aliphatic rings. The second-order valence-electron chi connectivity index (χ2n) is 12.5. The Balaban J connectivity index is 0.000000182. The molecule has 2 aromatic rings. The number of amides is 1. The van der Waals surface area contributed by atoms with E-state index in [2.05, 4.69) is 36.4 Å². The Morgan fingerprint density at radius 3 is 2.61 bits per heavy atom. The van der Waals surface area contributed by atoms with Gasteiger partial charge in [-0.15, -0.1) is 11.8 Å². The number of rotatable bonds is 12. The highest BCUT2D eigenvalue weighted by Crippen LogP contribution is 2.53. The fraction of sp³-hybridized carbons (Fsp3) is 0.559. The molecule has 0 bridgehead atoms. The van der Waals surface area contributed by atoms with Crippen LogP contribution in [0.5, 0.6) is 11.5 Å². The van der Waals surface area contributed by atoms with Gasteiger partial charge < -0.3 is 28.4 Å². The number of nitrogens with zero attached hydrogens (tertiary/aromatic N) is 1. The molecule has 4 aliphatic heterocycles. The summed E-state index contributed by atoms with van der Waals surface area (Å²) in [7, 11) is 0. The maximum absolute atomic E-state index is 12.8. The van der Waals surface area contributed by atoms with E-state index >= 15 is 0 Å². The lowest BCUT2D eigenvalue weighted by Gasteiger charge is -2.41. The van der Waals surface area contributed by atoms with Crippen molar-refractivity contribution >= 4 is 63.4 Å². The molecule has 0 spiro atoms. The Hall–Kier alpha value is -2.16. The van der Waals surface area contributed by atoms with Gasteiger partial charge in [0.05, 0.1) is 5.56 Å². The average Bonchev–Trinajstić information content (AvgIpc) is 3.71. The zero-order chi connectivity index (χ0) is 33.0. The fourth-order valence-corrected chi connectivity index (χ4v) is 9.95. The van der Waals surface area contributed by atoms with Gasteiger partial charge in [0.25, 0.3) is 6.29 Å². The number of halogens is 1. The molecule has 4 heterocycles. The third-order valence-electron chi connectivity index (χ3n) is 8.58. The Labute approximate surface area is 292 Å². The molecular formula is C34H42INO8S2. The van der Waals surface area contributed by atoms with E-state index in [1.807, 2.05) is 32.0 Å². The Bertz CT molecular complexity index is 1420. The summed E-state index contributed by atoms with van der Waals surface area (Å²) in [6.07, 6.45) is 7.27. The van der Waals surface area contributed by atoms with Crippen molar-refractivity contribution in [2.24, 2.45) is 0 Å². The number of unbranched alkanes of at least 4 members (excludes halogenated alkanes) is 5. The van der Waals surface area contributed by atoms with Gasteiger partial charge in [-0.05, 0) is 57.4 Å². The van der Waals surface area contributed by atoms with Gasteiger partial charge in [0.2, 0.25) is 12.7 Å². The molecule has 0 aliphatic carbocycles. The number of hydrogen-bond donors (Lipinski definition) is 0. The molecule has 46 heavy (non-hydrogen) atoms. The van der Waals surface area contributed by atoms with Crippen molar-refractivity contribution in [3.8, 4) is 11.5 Å². The molecule has 0 N–H and O–H groups in total. The van der Waals surface area contributed by atoms with Crippen LogP contribution >= 0.6 is 34.4 Å². The maximum atomic E-state index is 12.8. The number of esters is 2. The molecule has 6 atom stereocenters. The first kappa shape index (κ1) is 35.2. The minimum absolute atomic E-state index is 0.0101. The molecule has 12 heteroatoms. The van der Waals surface area contributed by atoms with E-state index < -0.39 is 40.2 Å². The molecule has 0 radical (unpaired) electrons. The van der Waals surface area contributed by atoms with Crippen LogP contribution in [0, 0.1) is 0 Å². The number of benzene rings is 2. The monoisotopic (exact) mass is 783 g/mol. The number of cyclic esters (lactones) is 1. The molecule has 2 aromatic carbocycles. The number of carbonyl (C=O) groups is 3. The highest BCUT2D eigenvalue weighted by atomic mass is 127. The Morgan fingerprint density at radius 1 is 1.11 bits per heavy atom. The van der Waals surface area contributed by atoms with Crippen molar-refractivity contribution < 1.29 is 37.9 Å².